The number of aromatic nitrogens is 1. The van der Waals surface area contributed by atoms with Gasteiger partial charge >= 0.3 is 0 Å². The average Bonchev–Trinajstić information content (AvgIpc) is 2.12. The topological polar surface area (TPSA) is 12.9 Å². The van der Waals surface area contributed by atoms with Crippen LogP contribution in [0.1, 0.15) is 5.56 Å². The Bertz CT molecular complexity index is 466. The van der Waals surface area contributed by atoms with Crippen molar-refractivity contribution >= 4 is 34.1 Å². The average molecular weight is 212 g/mol. The summed E-state index contributed by atoms with van der Waals surface area (Å²) in [7, 11) is 0. The minimum Gasteiger partial charge on any atom is -0.255 e. The lowest BCUT2D eigenvalue weighted by Crippen LogP contribution is -1.83. The SMILES string of the molecule is Cc1c(Cl)cnc2cc(Cl)ccc12. The fraction of sp³-hybridized carbons (Fsp3) is 0.100. The fourth-order valence-electron chi connectivity index (χ4n) is 1.28. The minimum absolute atomic E-state index is 0.690. The molecule has 1 aromatic heterocycles. The quantitative estimate of drug-likeness (QED) is 0.646. The molecule has 0 aliphatic heterocycles. The summed E-state index contributed by atoms with van der Waals surface area (Å²) in [4.78, 5) is 4.19. The normalized spacial score (nSPS) is 10.7. The van der Waals surface area contributed by atoms with Gasteiger partial charge in [-0.05, 0) is 24.6 Å². The molecule has 0 spiro atoms. The Balaban J connectivity index is 2.87. The summed E-state index contributed by atoms with van der Waals surface area (Å²) in [5.74, 6) is 0. The monoisotopic (exact) mass is 211 g/mol. The Kier molecular flexibility index (Phi) is 2.14. The van der Waals surface area contributed by atoms with Crippen molar-refractivity contribution in [3.63, 3.8) is 0 Å². The highest BCUT2D eigenvalue weighted by Gasteiger charge is 2.02. The van der Waals surface area contributed by atoms with Crippen LogP contribution in [0.5, 0.6) is 0 Å². The summed E-state index contributed by atoms with van der Waals surface area (Å²) in [5, 5.41) is 2.44. The lowest BCUT2D eigenvalue weighted by molar-refractivity contribution is 1.37. The molecule has 0 saturated carbocycles. The van der Waals surface area contributed by atoms with Gasteiger partial charge in [0.1, 0.15) is 0 Å². The summed E-state index contributed by atoms with van der Waals surface area (Å²) >= 11 is 11.8. The van der Waals surface area contributed by atoms with Gasteiger partial charge in [-0.25, -0.2) is 0 Å². The molecule has 0 radical (unpaired) electrons. The van der Waals surface area contributed by atoms with E-state index in [-0.39, 0.29) is 0 Å². The summed E-state index contributed by atoms with van der Waals surface area (Å²) in [6.45, 7) is 1.97. The molecule has 0 unspecified atom stereocenters. The number of pyridine rings is 1. The lowest BCUT2D eigenvalue weighted by atomic mass is 10.1. The first-order valence-corrected chi connectivity index (χ1v) is 4.64. The van der Waals surface area contributed by atoms with E-state index in [1.165, 1.54) is 0 Å². The minimum atomic E-state index is 0.690. The molecule has 0 saturated heterocycles. The van der Waals surface area contributed by atoms with E-state index in [1.54, 1.807) is 6.20 Å². The second-order valence-electron chi connectivity index (χ2n) is 2.89. The third-order valence-electron chi connectivity index (χ3n) is 2.04. The molecule has 2 aromatic rings. The van der Waals surface area contributed by atoms with Crippen LogP contribution in [0.15, 0.2) is 24.4 Å². The van der Waals surface area contributed by atoms with E-state index >= 15 is 0 Å². The van der Waals surface area contributed by atoms with E-state index in [4.69, 9.17) is 23.2 Å². The summed E-state index contributed by atoms with van der Waals surface area (Å²) in [6, 6.07) is 5.61. The van der Waals surface area contributed by atoms with Crippen LogP contribution >= 0.6 is 23.2 Å². The van der Waals surface area contributed by atoms with Crippen LogP contribution in [0.4, 0.5) is 0 Å². The van der Waals surface area contributed by atoms with Gasteiger partial charge < -0.3 is 0 Å². The molecule has 13 heavy (non-hydrogen) atoms. The van der Waals surface area contributed by atoms with Crippen LogP contribution in [0.25, 0.3) is 10.9 Å². The van der Waals surface area contributed by atoms with Gasteiger partial charge in [0.05, 0.1) is 10.5 Å². The van der Waals surface area contributed by atoms with Crippen molar-refractivity contribution in [2.45, 2.75) is 6.92 Å². The highest BCUT2D eigenvalue weighted by atomic mass is 35.5. The molecule has 0 amide bonds. The standard InChI is InChI=1S/C10H7Cl2N/c1-6-8-3-2-7(11)4-10(8)13-5-9(6)12/h2-5H,1H3. The lowest BCUT2D eigenvalue weighted by Gasteiger charge is -2.02. The molecule has 0 bridgehead atoms. The van der Waals surface area contributed by atoms with Gasteiger partial charge in [-0.3, -0.25) is 4.98 Å². The van der Waals surface area contributed by atoms with Gasteiger partial charge in [-0.1, -0.05) is 29.3 Å². The molecule has 3 heteroatoms. The fourth-order valence-corrected chi connectivity index (χ4v) is 1.60. The number of aryl methyl sites for hydroxylation is 1. The maximum Gasteiger partial charge on any atom is 0.0720 e. The number of fused-ring (bicyclic) bond motifs is 1. The van der Waals surface area contributed by atoms with Gasteiger partial charge in [-0.15, -0.1) is 0 Å². The van der Waals surface area contributed by atoms with Crippen molar-refractivity contribution < 1.29 is 0 Å². The van der Waals surface area contributed by atoms with Crippen molar-refractivity contribution in [1.82, 2.24) is 4.98 Å². The van der Waals surface area contributed by atoms with Crippen LogP contribution in [-0.4, -0.2) is 4.98 Å². The first kappa shape index (κ1) is 8.79. The molecule has 0 atom stereocenters. The van der Waals surface area contributed by atoms with Crippen LogP contribution in [-0.2, 0) is 0 Å². The predicted octanol–water partition coefficient (Wildman–Crippen LogP) is 3.85. The molecule has 0 N–H and O–H groups in total. The molecule has 0 fully saturated rings. The van der Waals surface area contributed by atoms with E-state index in [0.29, 0.717) is 10.0 Å². The first-order valence-electron chi connectivity index (χ1n) is 3.89. The van der Waals surface area contributed by atoms with E-state index in [2.05, 4.69) is 4.98 Å². The molecule has 2 rings (SSSR count). The first-order chi connectivity index (χ1) is 6.18. The molecule has 1 aromatic carbocycles. The van der Waals surface area contributed by atoms with E-state index in [1.807, 2.05) is 25.1 Å². The van der Waals surface area contributed by atoms with Gasteiger partial charge in [0.2, 0.25) is 0 Å². The molecular weight excluding hydrogens is 205 g/mol. The maximum absolute atomic E-state index is 5.93. The molecule has 0 aliphatic carbocycles. The van der Waals surface area contributed by atoms with Gasteiger partial charge in [0, 0.05) is 16.6 Å². The number of hydrogen-bond acceptors (Lipinski definition) is 1. The van der Waals surface area contributed by atoms with E-state index in [9.17, 15) is 0 Å². The van der Waals surface area contributed by atoms with Crippen molar-refractivity contribution in [2.24, 2.45) is 0 Å². The number of hydrogen-bond donors (Lipinski definition) is 0. The second-order valence-corrected chi connectivity index (χ2v) is 3.74. The summed E-state index contributed by atoms with van der Waals surface area (Å²) in [6.07, 6.45) is 1.65. The van der Waals surface area contributed by atoms with Crippen LogP contribution in [0.2, 0.25) is 10.0 Å². The molecule has 1 nitrogen and oxygen atoms in total. The van der Waals surface area contributed by atoms with Crippen molar-refractivity contribution in [3.8, 4) is 0 Å². The summed E-state index contributed by atoms with van der Waals surface area (Å²) in [5.41, 5.74) is 1.93. The largest absolute Gasteiger partial charge is 0.255 e. The van der Waals surface area contributed by atoms with Crippen molar-refractivity contribution in [1.29, 1.82) is 0 Å². The number of benzene rings is 1. The highest BCUT2D eigenvalue weighted by Crippen LogP contribution is 2.25. The van der Waals surface area contributed by atoms with Gasteiger partial charge in [0.15, 0.2) is 0 Å². The van der Waals surface area contributed by atoms with E-state index in [0.717, 1.165) is 16.5 Å². The smallest absolute Gasteiger partial charge is 0.0720 e. The third-order valence-corrected chi connectivity index (χ3v) is 2.66. The Hall–Kier alpha value is -0.790. The predicted molar refractivity (Wildman–Crippen MR) is 56.5 cm³/mol. The Morgan fingerprint density at radius 2 is 2.00 bits per heavy atom. The number of rotatable bonds is 0. The zero-order valence-electron chi connectivity index (χ0n) is 7.01. The third kappa shape index (κ3) is 1.50. The van der Waals surface area contributed by atoms with Crippen molar-refractivity contribution in [3.05, 3.63) is 40.0 Å². The van der Waals surface area contributed by atoms with Crippen LogP contribution in [0, 0.1) is 6.92 Å². The van der Waals surface area contributed by atoms with Crippen LogP contribution < -0.4 is 0 Å². The molecular formula is C10H7Cl2N. The Labute approximate surface area is 86.3 Å². The molecule has 66 valence electrons. The summed E-state index contributed by atoms with van der Waals surface area (Å²) < 4.78 is 0. The number of halogens is 2. The molecule has 1 heterocycles. The molecule has 0 aliphatic rings. The van der Waals surface area contributed by atoms with Gasteiger partial charge in [0.25, 0.3) is 0 Å². The van der Waals surface area contributed by atoms with Crippen molar-refractivity contribution in [2.75, 3.05) is 0 Å². The van der Waals surface area contributed by atoms with Gasteiger partial charge in [-0.2, -0.15) is 0 Å². The Morgan fingerprint density at radius 3 is 2.77 bits per heavy atom. The second kappa shape index (κ2) is 3.17. The number of nitrogens with zero attached hydrogens (tertiary/aromatic N) is 1. The zero-order chi connectivity index (χ0) is 9.42. The van der Waals surface area contributed by atoms with E-state index < -0.39 is 0 Å². The van der Waals surface area contributed by atoms with Crippen LogP contribution in [0.3, 0.4) is 0 Å². The zero-order valence-corrected chi connectivity index (χ0v) is 8.52. The maximum atomic E-state index is 5.93. The Morgan fingerprint density at radius 1 is 1.23 bits per heavy atom. The highest BCUT2D eigenvalue weighted by molar-refractivity contribution is 6.32.